The Bertz CT molecular complexity index is 668. The van der Waals surface area contributed by atoms with Crippen molar-refractivity contribution in [2.75, 3.05) is 0 Å². The fourth-order valence-electron chi connectivity index (χ4n) is 1.55. The van der Waals surface area contributed by atoms with Gasteiger partial charge >= 0.3 is 5.97 Å². The molecule has 0 amide bonds. The SMILES string of the molecule is O=C(O)c1cc2nc3ccccn3c2s1. The van der Waals surface area contributed by atoms with Gasteiger partial charge in [0.05, 0.1) is 0 Å². The molecular weight excluding hydrogens is 212 g/mol. The van der Waals surface area contributed by atoms with Gasteiger partial charge < -0.3 is 5.11 Å². The Labute approximate surface area is 88.4 Å². The summed E-state index contributed by atoms with van der Waals surface area (Å²) in [6.45, 7) is 0. The van der Waals surface area contributed by atoms with Gasteiger partial charge in [0.1, 0.15) is 20.9 Å². The second kappa shape index (κ2) is 2.80. The normalized spacial score (nSPS) is 11.2. The van der Waals surface area contributed by atoms with Gasteiger partial charge in [-0.3, -0.25) is 4.40 Å². The molecule has 3 aromatic rings. The molecule has 74 valence electrons. The standard InChI is InChI=1S/C10H6N2O2S/c13-10(14)7-5-6-9(15-7)12-4-2-1-3-8(12)11-6/h1-5H,(H,13,14). The average molecular weight is 218 g/mol. The third-order valence-corrected chi connectivity index (χ3v) is 3.31. The number of carboxylic acid groups (broad SMARTS) is 1. The molecule has 0 saturated carbocycles. The highest BCUT2D eigenvalue weighted by atomic mass is 32.1. The zero-order valence-corrected chi connectivity index (χ0v) is 8.36. The summed E-state index contributed by atoms with van der Waals surface area (Å²) in [6.07, 6.45) is 1.88. The molecule has 0 unspecified atom stereocenters. The van der Waals surface area contributed by atoms with Crippen LogP contribution in [-0.4, -0.2) is 20.5 Å². The van der Waals surface area contributed by atoms with Gasteiger partial charge in [-0.05, 0) is 18.2 Å². The van der Waals surface area contributed by atoms with Crippen molar-refractivity contribution in [2.45, 2.75) is 0 Å². The third kappa shape index (κ3) is 1.13. The Morgan fingerprint density at radius 3 is 3.13 bits per heavy atom. The number of carbonyl (C=O) groups is 1. The van der Waals surface area contributed by atoms with E-state index in [2.05, 4.69) is 4.98 Å². The van der Waals surface area contributed by atoms with Crippen molar-refractivity contribution in [1.82, 2.24) is 9.38 Å². The monoisotopic (exact) mass is 218 g/mol. The first-order chi connectivity index (χ1) is 7.25. The summed E-state index contributed by atoms with van der Waals surface area (Å²) >= 11 is 1.24. The first-order valence-electron chi connectivity index (χ1n) is 4.35. The molecule has 3 rings (SSSR count). The van der Waals surface area contributed by atoms with Gasteiger partial charge in [-0.2, -0.15) is 0 Å². The van der Waals surface area contributed by atoms with Crippen molar-refractivity contribution in [1.29, 1.82) is 0 Å². The molecule has 0 atom stereocenters. The van der Waals surface area contributed by atoms with Crippen molar-refractivity contribution in [3.05, 3.63) is 35.3 Å². The van der Waals surface area contributed by atoms with Crippen molar-refractivity contribution >= 4 is 33.3 Å². The van der Waals surface area contributed by atoms with E-state index in [4.69, 9.17) is 5.11 Å². The molecule has 0 saturated heterocycles. The summed E-state index contributed by atoms with van der Waals surface area (Å²) in [4.78, 5) is 16.3. The summed E-state index contributed by atoms with van der Waals surface area (Å²) in [5.74, 6) is -0.900. The predicted octanol–water partition coefficient (Wildman–Crippen LogP) is 2.25. The van der Waals surface area contributed by atoms with Crippen LogP contribution in [0.3, 0.4) is 0 Å². The Morgan fingerprint density at radius 1 is 1.47 bits per heavy atom. The van der Waals surface area contributed by atoms with Crippen molar-refractivity contribution in [2.24, 2.45) is 0 Å². The Hall–Kier alpha value is -1.88. The minimum atomic E-state index is -0.900. The van der Waals surface area contributed by atoms with Gasteiger partial charge in [-0.25, -0.2) is 9.78 Å². The lowest BCUT2D eigenvalue weighted by molar-refractivity contribution is 0.0702. The van der Waals surface area contributed by atoms with Gasteiger partial charge in [-0.1, -0.05) is 6.07 Å². The minimum Gasteiger partial charge on any atom is -0.477 e. The number of nitrogens with zero attached hydrogens (tertiary/aromatic N) is 2. The molecule has 4 nitrogen and oxygen atoms in total. The number of carboxylic acids is 1. The van der Waals surface area contributed by atoms with Crippen molar-refractivity contribution in [3.63, 3.8) is 0 Å². The third-order valence-electron chi connectivity index (χ3n) is 2.20. The zero-order chi connectivity index (χ0) is 10.4. The summed E-state index contributed by atoms with van der Waals surface area (Å²) in [5.41, 5.74) is 1.58. The van der Waals surface area contributed by atoms with E-state index in [0.29, 0.717) is 4.88 Å². The number of imidazole rings is 1. The van der Waals surface area contributed by atoms with Crippen molar-refractivity contribution < 1.29 is 9.90 Å². The highest BCUT2D eigenvalue weighted by Crippen LogP contribution is 2.26. The second-order valence-electron chi connectivity index (χ2n) is 3.15. The molecule has 5 heteroatoms. The number of aromatic carboxylic acids is 1. The largest absolute Gasteiger partial charge is 0.477 e. The van der Waals surface area contributed by atoms with E-state index < -0.39 is 5.97 Å². The number of thiophene rings is 1. The Kier molecular flexibility index (Phi) is 1.58. The maximum atomic E-state index is 10.8. The Morgan fingerprint density at radius 2 is 2.33 bits per heavy atom. The average Bonchev–Trinajstić information content (AvgIpc) is 2.73. The molecule has 15 heavy (non-hydrogen) atoms. The van der Waals surface area contributed by atoms with E-state index in [1.165, 1.54) is 11.3 Å². The lowest BCUT2D eigenvalue weighted by Crippen LogP contribution is -1.90. The van der Waals surface area contributed by atoms with Crippen LogP contribution in [0.2, 0.25) is 0 Å². The van der Waals surface area contributed by atoms with Gasteiger partial charge in [0, 0.05) is 6.20 Å². The number of fused-ring (bicyclic) bond motifs is 3. The van der Waals surface area contributed by atoms with Crippen LogP contribution in [0, 0.1) is 0 Å². The minimum absolute atomic E-state index is 0.325. The van der Waals surface area contributed by atoms with E-state index in [0.717, 1.165) is 16.0 Å². The van der Waals surface area contributed by atoms with Crippen LogP contribution in [0.5, 0.6) is 0 Å². The highest BCUT2D eigenvalue weighted by Gasteiger charge is 2.12. The topological polar surface area (TPSA) is 54.6 Å². The summed E-state index contributed by atoms with van der Waals surface area (Å²) in [6, 6.07) is 7.31. The van der Waals surface area contributed by atoms with Gasteiger partial charge in [0.25, 0.3) is 0 Å². The fourth-order valence-corrected chi connectivity index (χ4v) is 2.48. The van der Waals surface area contributed by atoms with Gasteiger partial charge in [0.15, 0.2) is 0 Å². The van der Waals surface area contributed by atoms with E-state index in [1.807, 2.05) is 28.8 Å². The lowest BCUT2D eigenvalue weighted by atomic mass is 10.4. The van der Waals surface area contributed by atoms with E-state index in [1.54, 1.807) is 6.07 Å². The molecular formula is C10H6N2O2S. The van der Waals surface area contributed by atoms with Crippen LogP contribution in [0.4, 0.5) is 0 Å². The number of rotatable bonds is 1. The maximum absolute atomic E-state index is 10.8. The van der Waals surface area contributed by atoms with E-state index in [9.17, 15) is 4.79 Å². The molecule has 0 aliphatic heterocycles. The van der Waals surface area contributed by atoms with E-state index >= 15 is 0 Å². The highest BCUT2D eigenvalue weighted by molar-refractivity contribution is 7.20. The molecule has 0 aliphatic carbocycles. The van der Waals surface area contributed by atoms with Gasteiger partial charge in [0.2, 0.25) is 0 Å². The molecule has 0 bridgehead atoms. The van der Waals surface area contributed by atoms with Crippen LogP contribution in [0.25, 0.3) is 16.0 Å². The van der Waals surface area contributed by atoms with Crippen LogP contribution in [0.15, 0.2) is 30.5 Å². The fraction of sp³-hybridized carbons (Fsp3) is 0. The molecule has 0 aromatic carbocycles. The molecule has 3 heterocycles. The number of hydrogen-bond donors (Lipinski definition) is 1. The molecule has 1 N–H and O–H groups in total. The quantitative estimate of drug-likeness (QED) is 0.681. The molecule has 0 spiro atoms. The first-order valence-corrected chi connectivity index (χ1v) is 5.17. The summed E-state index contributed by atoms with van der Waals surface area (Å²) in [5, 5.41) is 8.85. The first kappa shape index (κ1) is 8.43. The van der Waals surface area contributed by atoms with Crippen LogP contribution in [0.1, 0.15) is 9.67 Å². The summed E-state index contributed by atoms with van der Waals surface area (Å²) in [7, 11) is 0. The van der Waals surface area contributed by atoms with Crippen molar-refractivity contribution in [3.8, 4) is 0 Å². The predicted molar refractivity (Wildman–Crippen MR) is 57.5 cm³/mol. The van der Waals surface area contributed by atoms with Crippen LogP contribution < -0.4 is 0 Å². The number of aromatic nitrogens is 2. The van der Waals surface area contributed by atoms with Gasteiger partial charge in [-0.15, -0.1) is 11.3 Å². The smallest absolute Gasteiger partial charge is 0.346 e. The maximum Gasteiger partial charge on any atom is 0.346 e. The lowest BCUT2D eigenvalue weighted by Gasteiger charge is -1.90. The second-order valence-corrected chi connectivity index (χ2v) is 4.18. The van der Waals surface area contributed by atoms with Crippen LogP contribution >= 0.6 is 11.3 Å². The van der Waals surface area contributed by atoms with E-state index in [-0.39, 0.29) is 0 Å². The number of hydrogen-bond acceptors (Lipinski definition) is 3. The zero-order valence-electron chi connectivity index (χ0n) is 7.54. The molecule has 0 aliphatic rings. The molecule has 0 radical (unpaired) electrons. The molecule has 3 aromatic heterocycles. The summed E-state index contributed by atoms with van der Waals surface area (Å²) < 4.78 is 1.90. The van der Waals surface area contributed by atoms with Crippen LogP contribution in [-0.2, 0) is 0 Å². The Balaban J connectivity index is 2.42. The molecule has 0 fully saturated rings. The number of pyridine rings is 1.